The second kappa shape index (κ2) is 8.35. The van der Waals surface area contributed by atoms with Crippen LogP contribution in [0.2, 0.25) is 0 Å². The fourth-order valence-electron chi connectivity index (χ4n) is 4.86. The standard InChI is InChI=1S/C32H21Br/c33-26-15-9-14-24(20-26)25-18-19-29-30(21-25)32(23-12-5-2-6-13-23)28-17-8-7-16-27(28)31(29)22-10-3-1-4-11-22/h1-21H. The SMILES string of the molecule is Brc1cccc(-c2ccc3c(-c4ccccc4)c4ccccc4c(-c4ccccc4)c3c2)c1. The van der Waals surface area contributed by atoms with Crippen molar-refractivity contribution in [2.45, 2.75) is 0 Å². The quantitative estimate of drug-likeness (QED) is 0.219. The van der Waals surface area contributed by atoms with Crippen molar-refractivity contribution in [1.82, 2.24) is 0 Å². The summed E-state index contributed by atoms with van der Waals surface area (Å²) >= 11 is 3.64. The van der Waals surface area contributed by atoms with Gasteiger partial charge in [0.2, 0.25) is 0 Å². The summed E-state index contributed by atoms with van der Waals surface area (Å²) in [4.78, 5) is 0. The Kier molecular flexibility index (Phi) is 5.05. The highest BCUT2D eigenvalue weighted by molar-refractivity contribution is 9.10. The number of hydrogen-bond acceptors (Lipinski definition) is 0. The molecule has 33 heavy (non-hydrogen) atoms. The molecular weight excluding hydrogens is 464 g/mol. The van der Waals surface area contributed by atoms with Crippen LogP contribution in [0.25, 0.3) is 54.9 Å². The number of rotatable bonds is 3. The van der Waals surface area contributed by atoms with E-state index in [1.807, 2.05) is 0 Å². The summed E-state index contributed by atoms with van der Waals surface area (Å²) in [5.74, 6) is 0. The molecule has 1 heteroatoms. The summed E-state index contributed by atoms with van der Waals surface area (Å²) in [6, 6.07) is 45.8. The van der Waals surface area contributed by atoms with Gasteiger partial charge in [0, 0.05) is 4.47 Å². The van der Waals surface area contributed by atoms with E-state index >= 15 is 0 Å². The first-order valence-corrected chi connectivity index (χ1v) is 11.9. The first-order valence-electron chi connectivity index (χ1n) is 11.1. The van der Waals surface area contributed by atoms with E-state index in [4.69, 9.17) is 0 Å². The van der Waals surface area contributed by atoms with E-state index in [0.29, 0.717) is 0 Å². The number of benzene rings is 6. The molecule has 0 bridgehead atoms. The van der Waals surface area contributed by atoms with Crippen molar-refractivity contribution < 1.29 is 0 Å². The summed E-state index contributed by atoms with van der Waals surface area (Å²) in [7, 11) is 0. The predicted octanol–water partition coefficient (Wildman–Crippen LogP) is 9.76. The second-order valence-corrected chi connectivity index (χ2v) is 9.21. The van der Waals surface area contributed by atoms with Crippen LogP contribution in [0, 0.1) is 0 Å². The molecule has 156 valence electrons. The lowest BCUT2D eigenvalue weighted by Gasteiger charge is -2.18. The molecule has 0 unspecified atom stereocenters. The third kappa shape index (κ3) is 3.55. The van der Waals surface area contributed by atoms with E-state index < -0.39 is 0 Å². The monoisotopic (exact) mass is 484 g/mol. The van der Waals surface area contributed by atoms with Crippen LogP contribution < -0.4 is 0 Å². The molecule has 6 rings (SSSR count). The van der Waals surface area contributed by atoms with Crippen LogP contribution in [0.1, 0.15) is 0 Å². The molecular formula is C32H21Br. The van der Waals surface area contributed by atoms with Gasteiger partial charge < -0.3 is 0 Å². The minimum absolute atomic E-state index is 1.09. The smallest absolute Gasteiger partial charge is 0.0181 e. The lowest BCUT2D eigenvalue weighted by molar-refractivity contribution is 1.60. The Morgan fingerprint density at radius 3 is 1.42 bits per heavy atom. The minimum Gasteiger partial charge on any atom is -0.0622 e. The summed E-state index contributed by atoms with van der Waals surface area (Å²) in [6.07, 6.45) is 0. The van der Waals surface area contributed by atoms with Gasteiger partial charge in [0.15, 0.2) is 0 Å². The highest BCUT2D eigenvalue weighted by atomic mass is 79.9. The van der Waals surface area contributed by atoms with E-state index in [1.54, 1.807) is 0 Å². The largest absolute Gasteiger partial charge is 0.0622 e. The topological polar surface area (TPSA) is 0 Å². The van der Waals surface area contributed by atoms with Gasteiger partial charge >= 0.3 is 0 Å². The maximum absolute atomic E-state index is 3.64. The van der Waals surface area contributed by atoms with E-state index in [0.717, 1.165) is 4.47 Å². The molecule has 0 radical (unpaired) electrons. The van der Waals surface area contributed by atoms with Crippen LogP contribution in [-0.4, -0.2) is 0 Å². The van der Waals surface area contributed by atoms with Crippen molar-refractivity contribution >= 4 is 37.5 Å². The summed E-state index contributed by atoms with van der Waals surface area (Å²) in [6.45, 7) is 0. The molecule has 0 saturated heterocycles. The first kappa shape index (κ1) is 20.0. The Hall–Kier alpha value is -3.68. The van der Waals surface area contributed by atoms with Crippen molar-refractivity contribution in [3.8, 4) is 33.4 Å². The van der Waals surface area contributed by atoms with Crippen LogP contribution >= 0.6 is 15.9 Å². The number of fused-ring (bicyclic) bond motifs is 2. The van der Waals surface area contributed by atoms with Crippen LogP contribution in [0.4, 0.5) is 0 Å². The highest BCUT2D eigenvalue weighted by Crippen LogP contribution is 2.44. The van der Waals surface area contributed by atoms with Crippen LogP contribution in [0.15, 0.2) is 132 Å². The molecule has 0 saturated carbocycles. The van der Waals surface area contributed by atoms with Crippen LogP contribution in [0.3, 0.4) is 0 Å². The van der Waals surface area contributed by atoms with Gasteiger partial charge in [0.05, 0.1) is 0 Å². The van der Waals surface area contributed by atoms with E-state index in [1.165, 1.54) is 54.9 Å². The Morgan fingerprint density at radius 2 is 0.818 bits per heavy atom. The van der Waals surface area contributed by atoms with E-state index in [-0.39, 0.29) is 0 Å². The molecule has 0 amide bonds. The van der Waals surface area contributed by atoms with Crippen molar-refractivity contribution in [2.75, 3.05) is 0 Å². The molecule has 0 aromatic heterocycles. The lowest BCUT2D eigenvalue weighted by Crippen LogP contribution is -1.91. The van der Waals surface area contributed by atoms with Gasteiger partial charge in [-0.25, -0.2) is 0 Å². The van der Waals surface area contributed by atoms with Crippen molar-refractivity contribution in [3.63, 3.8) is 0 Å². The van der Waals surface area contributed by atoms with Crippen LogP contribution in [0.5, 0.6) is 0 Å². The fourth-order valence-corrected chi connectivity index (χ4v) is 5.26. The molecule has 0 heterocycles. The maximum Gasteiger partial charge on any atom is 0.0181 e. The van der Waals surface area contributed by atoms with Gasteiger partial charge in [0.25, 0.3) is 0 Å². The van der Waals surface area contributed by atoms with Crippen molar-refractivity contribution in [2.24, 2.45) is 0 Å². The third-order valence-corrected chi connectivity index (χ3v) is 6.80. The average Bonchev–Trinajstić information content (AvgIpc) is 2.88. The zero-order chi connectivity index (χ0) is 22.2. The maximum atomic E-state index is 3.64. The zero-order valence-electron chi connectivity index (χ0n) is 18.0. The predicted molar refractivity (Wildman–Crippen MR) is 145 cm³/mol. The van der Waals surface area contributed by atoms with Crippen molar-refractivity contribution in [3.05, 3.63) is 132 Å². The van der Waals surface area contributed by atoms with Crippen molar-refractivity contribution in [1.29, 1.82) is 0 Å². The van der Waals surface area contributed by atoms with Gasteiger partial charge in [0.1, 0.15) is 0 Å². The first-order chi connectivity index (χ1) is 16.3. The van der Waals surface area contributed by atoms with Gasteiger partial charge in [-0.15, -0.1) is 0 Å². The van der Waals surface area contributed by atoms with Gasteiger partial charge in [-0.05, 0) is 73.1 Å². The molecule has 0 N–H and O–H groups in total. The van der Waals surface area contributed by atoms with Gasteiger partial charge in [-0.2, -0.15) is 0 Å². The number of halogens is 1. The Bertz CT molecular complexity index is 1600. The molecule has 6 aromatic rings. The van der Waals surface area contributed by atoms with Gasteiger partial charge in [-0.3, -0.25) is 0 Å². The molecule has 0 aliphatic rings. The molecule has 0 fully saturated rings. The molecule has 0 aliphatic heterocycles. The highest BCUT2D eigenvalue weighted by Gasteiger charge is 2.17. The summed E-state index contributed by atoms with van der Waals surface area (Å²) in [5.41, 5.74) is 7.49. The zero-order valence-corrected chi connectivity index (χ0v) is 19.6. The van der Waals surface area contributed by atoms with E-state index in [9.17, 15) is 0 Å². The molecule has 0 atom stereocenters. The Labute approximate surface area is 202 Å². The van der Waals surface area contributed by atoms with E-state index in [2.05, 4.69) is 143 Å². The summed E-state index contributed by atoms with van der Waals surface area (Å²) in [5, 5.41) is 5.11. The van der Waals surface area contributed by atoms with Crippen LogP contribution in [-0.2, 0) is 0 Å². The normalized spacial score (nSPS) is 11.2. The fraction of sp³-hybridized carbons (Fsp3) is 0. The molecule has 6 aromatic carbocycles. The van der Waals surface area contributed by atoms with Gasteiger partial charge in [-0.1, -0.05) is 125 Å². The lowest BCUT2D eigenvalue weighted by atomic mass is 9.85. The minimum atomic E-state index is 1.09. The number of hydrogen-bond donors (Lipinski definition) is 0. The average molecular weight is 485 g/mol. The Morgan fingerprint density at radius 1 is 0.333 bits per heavy atom. The second-order valence-electron chi connectivity index (χ2n) is 8.30. The third-order valence-electron chi connectivity index (χ3n) is 6.31. The molecule has 0 aliphatic carbocycles. The summed E-state index contributed by atoms with van der Waals surface area (Å²) < 4.78 is 1.09. The molecule has 0 spiro atoms. The molecule has 0 nitrogen and oxygen atoms in total. The Balaban J connectivity index is 1.79.